The van der Waals surface area contributed by atoms with Crippen molar-refractivity contribution >= 4 is 0 Å². The Hall–Kier alpha value is -1.57. The third-order valence-electron chi connectivity index (χ3n) is 3.21. The van der Waals surface area contributed by atoms with Gasteiger partial charge in [0.05, 0.1) is 6.20 Å². The van der Waals surface area contributed by atoms with Gasteiger partial charge in [0.25, 0.3) is 0 Å². The number of nitrogens with zero attached hydrogens (tertiary/aromatic N) is 1. The molecule has 0 bridgehead atoms. The molecule has 0 atom stereocenters. The number of hydrogen-bond donors (Lipinski definition) is 1. The zero-order valence-corrected chi connectivity index (χ0v) is 8.66. The van der Waals surface area contributed by atoms with Crippen molar-refractivity contribution in [2.24, 2.45) is 0 Å². The van der Waals surface area contributed by atoms with Crippen molar-refractivity contribution in [1.29, 1.82) is 0 Å². The van der Waals surface area contributed by atoms with Gasteiger partial charge in [-0.1, -0.05) is 18.2 Å². The molecule has 0 saturated heterocycles. The van der Waals surface area contributed by atoms with E-state index in [0.29, 0.717) is 0 Å². The van der Waals surface area contributed by atoms with Crippen molar-refractivity contribution in [2.75, 3.05) is 0 Å². The second-order valence-corrected chi connectivity index (χ2v) is 4.14. The fourth-order valence-electron chi connectivity index (χ4n) is 2.45. The molecule has 2 nitrogen and oxygen atoms in total. The van der Waals surface area contributed by atoms with Gasteiger partial charge in [-0.05, 0) is 42.4 Å². The maximum Gasteiger partial charge on any atom is 0.0565 e. The van der Waals surface area contributed by atoms with Crippen molar-refractivity contribution in [1.82, 2.24) is 10.2 Å². The first-order valence-corrected chi connectivity index (χ1v) is 5.55. The van der Waals surface area contributed by atoms with E-state index < -0.39 is 0 Å². The third kappa shape index (κ3) is 1.46. The lowest BCUT2D eigenvalue weighted by molar-refractivity contribution is 0.687. The maximum atomic E-state index is 4.02. The summed E-state index contributed by atoms with van der Waals surface area (Å²) in [5.74, 6) is 0. The molecule has 1 N–H and O–H groups in total. The summed E-state index contributed by atoms with van der Waals surface area (Å²) in [5, 5.41) is 6.91. The highest BCUT2D eigenvalue weighted by molar-refractivity contribution is 5.67. The summed E-state index contributed by atoms with van der Waals surface area (Å²) in [5.41, 5.74) is 5.64. The van der Waals surface area contributed by atoms with Gasteiger partial charge in [0.15, 0.2) is 0 Å². The average molecular weight is 198 g/mol. The van der Waals surface area contributed by atoms with Gasteiger partial charge in [-0.15, -0.1) is 0 Å². The SMILES string of the molecule is c1cc2c(c(-c3cn[nH]c3)c1)CCCC2. The zero-order chi connectivity index (χ0) is 10.1. The van der Waals surface area contributed by atoms with Gasteiger partial charge >= 0.3 is 0 Å². The number of aromatic nitrogens is 2. The van der Waals surface area contributed by atoms with E-state index in [0.717, 1.165) is 0 Å². The van der Waals surface area contributed by atoms with Crippen LogP contribution in [0.5, 0.6) is 0 Å². The van der Waals surface area contributed by atoms with E-state index >= 15 is 0 Å². The van der Waals surface area contributed by atoms with Crippen LogP contribution in [0.2, 0.25) is 0 Å². The van der Waals surface area contributed by atoms with Gasteiger partial charge in [0, 0.05) is 11.8 Å². The molecule has 0 amide bonds. The molecule has 0 saturated carbocycles. The average Bonchev–Trinajstić information content (AvgIpc) is 2.82. The standard InChI is InChI=1S/C13H14N2/c1-2-6-12-10(4-1)5-3-7-13(12)11-8-14-15-9-11/h3,5,7-9H,1-2,4,6H2,(H,14,15). The van der Waals surface area contributed by atoms with Gasteiger partial charge in [0.1, 0.15) is 0 Å². The first-order valence-electron chi connectivity index (χ1n) is 5.55. The fraction of sp³-hybridized carbons (Fsp3) is 0.308. The first-order chi connectivity index (χ1) is 7.45. The number of benzene rings is 1. The summed E-state index contributed by atoms with van der Waals surface area (Å²) in [6, 6.07) is 6.62. The summed E-state index contributed by atoms with van der Waals surface area (Å²) in [6.45, 7) is 0. The number of aromatic amines is 1. The molecule has 0 radical (unpaired) electrons. The van der Waals surface area contributed by atoms with Crippen molar-refractivity contribution in [2.45, 2.75) is 25.7 Å². The molecule has 0 unspecified atom stereocenters. The number of H-pyrrole nitrogens is 1. The van der Waals surface area contributed by atoms with Gasteiger partial charge < -0.3 is 0 Å². The van der Waals surface area contributed by atoms with Crippen LogP contribution in [0, 0.1) is 0 Å². The predicted octanol–water partition coefficient (Wildman–Crippen LogP) is 2.96. The van der Waals surface area contributed by atoms with Gasteiger partial charge in [0.2, 0.25) is 0 Å². The molecule has 1 aliphatic carbocycles. The molecular formula is C13H14N2. The number of nitrogens with one attached hydrogen (secondary N) is 1. The Kier molecular flexibility index (Phi) is 2.05. The molecule has 1 aromatic carbocycles. The van der Waals surface area contributed by atoms with Crippen LogP contribution in [0.4, 0.5) is 0 Å². The van der Waals surface area contributed by atoms with E-state index in [4.69, 9.17) is 0 Å². The summed E-state index contributed by atoms with van der Waals surface area (Å²) >= 11 is 0. The smallest absolute Gasteiger partial charge is 0.0565 e. The third-order valence-corrected chi connectivity index (χ3v) is 3.21. The van der Waals surface area contributed by atoms with Gasteiger partial charge in [-0.3, -0.25) is 5.10 Å². The van der Waals surface area contributed by atoms with Crippen molar-refractivity contribution in [3.05, 3.63) is 41.7 Å². The Bertz CT molecular complexity index is 457. The number of aryl methyl sites for hydroxylation is 1. The van der Waals surface area contributed by atoms with Crippen molar-refractivity contribution in [3.63, 3.8) is 0 Å². The molecule has 2 aromatic rings. The van der Waals surface area contributed by atoms with Crippen molar-refractivity contribution < 1.29 is 0 Å². The largest absolute Gasteiger partial charge is 0.285 e. The Morgan fingerprint density at radius 3 is 2.93 bits per heavy atom. The summed E-state index contributed by atoms with van der Waals surface area (Å²) in [7, 11) is 0. The molecular weight excluding hydrogens is 184 g/mol. The fourth-order valence-corrected chi connectivity index (χ4v) is 2.45. The van der Waals surface area contributed by atoms with Crippen LogP contribution >= 0.6 is 0 Å². The Morgan fingerprint density at radius 2 is 2.07 bits per heavy atom. The van der Waals surface area contributed by atoms with Gasteiger partial charge in [-0.2, -0.15) is 5.10 Å². The maximum absolute atomic E-state index is 4.02. The molecule has 1 heterocycles. The van der Waals surface area contributed by atoms with E-state index in [2.05, 4.69) is 28.4 Å². The minimum Gasteiger partial charge on any atom is -0.285 e. The number of rotatable bonds is 1. The lowest BCUT2D eigenvalue weighted by Gasteiger charge is -2.18. The lowest BCUT2D eigenvalue weighted by atomic mass is 9.87. The summed E-state index contributed by atoms with van der Waals surface area (Å²) < 4.78 is 0. The molecule has 15 heavy (non-hydrogen) atoms. The normalized spacial score (nSPS) is 14.9. The molecule has 3 rings (SSSR count). The number of fused-ring (bicyclic) bond motifs is 1. The van der Waals surface area contributed by atoms with E-state index in [9.17, 15) is 0 Å². The highest BCUT2D eigenvalue weighted by Gasteiger charge is 2.13. The van der Waals surface area contributed by atoms with Gasteiger partial charge in [-0.25, -0.2) is 0 Å². The molecule has 0 spiro atoms. The Morgan fingerprint density at radius 1 is 1.13 bits per heavy atom. The van der Waals surface area contributed by atoms with Crippen LogP contribution < -0.4 is 0 Å². The van der Waals surface area contributed by atoms with Crippen LogP contribution in [0.25, 0.3) is 11.1 Å². The van der Waals surface area contributed by atoms with Crippen molar-refractivity contribution in [3.8, 4) is 11.1 Å². The van der Waals surface area contributed by atoms with Crippen LogP contribution in [-0.2, 0) is 12.8 Å². The highest BCUT2D eigenvalue weighted by Crippen LogP contribution is 2.30. The second-order valence-electron chi connectivity index (χ2n) is 4.14. The highest BCUT2D eigenvalue weighted by atomic mass is 15.1. The molecule has 1 aromatic heterocycles. The molecule has 2 heteroatoms. The Balaban J connectivity index is 2.15. The summed E-state index contributed by atoms with van der Waals surface area (Å²) in [4.78, 5) is 0. The van der Waals surface area contributed by atoms with Crippen LogP contribution in [0.1, 0.15) is 24.0 Å². The predicted molar refractivity (Wildman–Crippen MR) is 60.7 cm³/mol. The van der Waals surface area contributed by atoms with E-state index in [1.54, 1.807) is 0 Å². The Labute approximate surface area is 89.3 Å². The van der Waals surface area contributed by atoms with E-state index in [1.165, 1.54) is 47.9 Å². The van der Waals surface area contributed by atoms with E-state index in [-0.39, 0.29) is 0 Å². The monoisotopic (exact) mass is 198 g/mol. The second kappa shape index (κ2) is 3.54. The molecule has 0 fully saturated rings. The molecule has 76 valence electrons. The van der Waals surface area contributed by atoms with Crippen LogP contribution in [0.3, 0.4) is 0 Å². The zero-order valence-electron chi connectivity index (χ0n) is 8.66. The molecule has 0 aliphatic heterocycles. The molecule has 1 aliphatic rings. The van der Waals surface area contributed by atoms with Crippen LogP contribution in [0.15, 0.2) is 30.6 Å². The van der Waals surface area contributed by atoms with Crippen LogP contribution in [-0.4, -0.2) is 10.2 Å². The minimum absolute atomic E-state index is 1.22. The quantitative estimate of drug-likeness (QED) is 0.749. The lowest BCUT2D eigenvalue weighted by Crippen LogP contribution is -2.03. The first kappa shape index (κ1) is 8.72. The number of hydrogen-bond acceptors (Lipinski definition) is 1. The summed E-state index contributed by atoms with van der Waals surface area (Å²) in [6.07, 6.45) is 9.00. The topological polar surface area (TPSA) is 28.7 Å². The minimum atomic E-state index is 1.22. The van der Waals surface area contributed by atoms with E-state index in [1.807, 2.05) is 12.4 Å².